The predicted molar refractivity (Wildman–Crippen MR) is 307 cm³/mol. The molecule has 0 aromatic carbocycles. The Hall–Kier alpha value is -2.56. The summed E-state index contributed by atoms with van der Waals surface area (Å²) in [5.74, 6) is -1.47. The third-order valence-electron chi connectivity index (χ3n) is 13.3. The fraction of sp³-hybridized carbons (Fsp3) is 0.823. The number of rotatable bonds is 57. The number of aliphatic hydroxyl groups excluding tert-OH is 1. The van der Waals surface area contributed by atoms with E-state index in [1.54, 1.807) is 0 Å². The molecular formula is C62H113O11P. The Balaban J connectivity index is 4.70. The molecule has 0 bridgehead atoms. The Morgan fingerprint density at radius 2 is 0.703 bits per heavy atom. The topological polar surface area (TPSA) is 155 Å². The molecule has 12 heteroatoms. The van der Waals surface area contributed by atoms with Gasteiger partial charge in [-0.2, -0.15) is 0 Å². The van der Waals surface area contributed by atoms with Crippen LogP contribution in [-0.2, 0) is 42.2 Å². The van der Waals surface area contributed by atoms with Crippen molar-refractivity contribution in [1.29, 1.82) is 0 Å². The zero-order valence-electron chi connectivity index (χ0n) is 47.8. The van der Waals surface area contributed by atoms with Gasteiger partial charge in [0.05, 0.1) is 19.8 Å². The molecule has 0 aliphatic carbocycles. The van der Waals surface area contributed by atoms with Gasteiger partial charge in [-0.25, -0.2) is 4.57 Å². The highest BCUT2D eigenvalue weighted by atomic mass is 31.2. The zero-order chi connectivity index (χ0) is 54.1. The highest BCUT2D eigenvalue weighted by Gasteiger charge is 2.28. The van der Waals surface area contributed by atoms with Crippen molar-refractivity contribution in [2.45, 2.75) is 303 Å². The zero-order valence-corrected chi connectivity index (χ0v) is 48.7. The Morgan fingerprint density at radius 1 is 0.392 bits per heavy atom. The highest BCUT2D eigenvalue weighted by molar-refractivity contribution is 7.47. The minimum Gasteiger partial charge on any atom is -0.462 e. The molecule has 0 spiro atoms. The van der Waals surface area contributed by atoms with Crippen LogP contribution >= 0.6 is 7.82 Å². The van der Waals surface area contributed by atoms with E-state index in [0.29, 0.717) is 19.3 Å². The van der Waals surface area contributed by atoms with E-state index in [1.165, 1.54) is 141 Å². The maximum atomic E-state index is 12.9. The molecular weight excluding hydrogens is 952 g/mol. The van der Waals surface area contributed by atoms with Crippen LogP contribution in [0.4, 0.5) is 0 Å². The lowest BCUT2D eigenvalue weighted by Gasteiger charge is -2.21. The van der Waals surface area contributed by atoms with Crippen LogP contribution in [0.2, 0.25) is 0 Å². The summed E-state index contributed by atoms with van der Waals surface area (Å²) >= 11 is 0. The van der Waals surface area contributed by atoms with Gasteiger partial charge in [-0.1, -0.05) is 262 Å². The van der Waals surface area contributed by atoms with Crippen molar-refractivity contribution in [3.8, 4) is 0 Å². The van der Waals surface area contributed by atoms with Gasteiger partial charge in [-0.15, -0.1) is 0 Å². The van der Waals surface area contributed by atoms with Crippen molar-refractivity contribution in [3.63, 3.8) is 0 Å². The van der Waals surface area contributed by atoms with Crippen molar-refractivity contribution in [2.75, 3.05) is 26.4 Å². The number of hydrogen-bond acceptors (Lipinski definition) is 10. The van der Waals surface area contributed by atoms with Crippen LogP contribution in [0.5, 0.6) is 0 Å². The van der Waals surface area contributed by atoms with Crippen LogP contribution in [-0.4, -0.2) is 66.5 Å². The van der Waals surface area contributed by atoms with E-state index in [9.17, 15) is 28.9 Å². The molecule has 0 aliphatic heterocycles. The van der Waals surface area contributed by atoms with Gasteiger partial charge >= 0.3 is 25.7 Å². The summed E-state index contributed by atoms with van der Waals surface area (Å²) in [4.78, 5) is 48.6. The molecule has 2 N–H and O–H groups in total. The Labute approximate surface area is 453 Å². The van der Waals surface area contributed by atoms with Crippen molar-refractivity contribution in [2.24, 2.45) is 0 Å². The number of ether oxygens (including phenoxy) is 3. The fourth-order valence-electron chi connectivity index (χ4n) is 8.64. The van der Waals surface area contributed by atoms with Gasteiger partial charge in [0.25, 0.3) is 0 Å². The first kappa shape index (κ1) is 71.4. The average Bonchev–Trinajstić information content (AvgIpc) is 3.39. The summed E-state index contributed by atoms with van der Waals surface area (Å²) in [6, 6.07) is 0. The highest BCUT2D eigenvalue weighted by Crippen LogP contribution is 2.43. The second kappa shape index (κ2) is 56.6. The molecule has 0 saturated carbocycles. The van der Waals surface area contributed by atoms with E-state index in [0.717, 1.165) is 89.9 Å². The van der Waals surface area contributed by atoms with Gasteiger partial charge in [0.15, 0.2) is 6.10 Å². The molecule has 3 unspecified atom stereocenters. The van der Waals surface area contributed by atoms with Crippen LogP contribution in [0.25, 0.3) is 0 Å². The van der Waals surface area contributed by atoms with E-state index < -0.39 is 57.8 Å². The molecule has 0 aromatic rings. The number of phosphoric acid groups is 1. The van der Waals surface area contributed by atoms with Crippen LogP contribution < -0.4 is 0 Å². The van der Waals surface area contributed by atoms with E-state index in [2.05, 4.69) is 69.4 Å². The molecule has 0 aliphatic rings. The first-order chi connectivity index (χ1) is 36.2. The molecule has 0 saturated heterocycles. The van der Waals surface area contributed by atoms with Gasteiger partial charge in [-0.3, -0.25) is 23.4 Å². The maximum Gasteiger partial charge on any atom is 0.472 e. The Kier molecular flexibility index (Phi) is 54.7. The lowest BCUT2D eigenvalue weighted by Crippen LogP contribution is -2.30. The van der Waals surface area contributed by atoms with E-state index in [4.69, 9.17) is 23.3 Å². The largest absolute Gasteiger partial charge is 0.472 e. The summed E-state index contributed by atoms with van der Waals surface area (Å²) in [7, 11) is -4.75. The molecule has 0 amide bonds. The summed E-state index contributed by atoms with van der Waals surface area (Å²) in [6.07, 6.45) is 60.7. The van der Waals surface area contributed by atoms with Crippen LogP contribution in [0.15, 0.2) is 48.6 Å². The third kappa shape index (κ3) is 54.2. The number of phosphoric ester groups is 1. The quantitative estimate of drug-likeness (QED) is 0.0197. The first-order valence-corrected chi connectivity index (χ1v) is 32.0. The van der Waals surface area contributed by atoms with Gasteiger partial charge in [0, 0.05) is 19.3 Å². The number of aliphatic hydroxyl groups is 1. The molecule has 432 valence electrons. The minimum absolute atomic E-state index is 0.143. The van der Waals surface area contributed by atoms with Crippen molar-refractivity contribution in [1.82, 2.24) is 0 Å². The van der Waals surface area contributed by atoms with Crippen LogP contribution in [0, 0.1) is 0 Å². The van der Waals surface area contributed by atoms with Crippen LogP contribution in [0.1, 0.15) is 290 Å². The first-order valence-electron chi connectivity index (χ1n) is 30.5. The minimum atomic E-state index is -4.75. The predicted octanol–water partition coefficient (Wildman–Crippen LogP) is 18.1. The molecule has 3 atom stereocenters. The number of esters is 3. The molecule has 0 rings (SSSR count). The standard InChI is InChI=1S/C62H113O11P/c1-4-7-10-13-16-19-22-24-26-28-29-31-32-34-37-39-42-45-48-51-60(64)69-55-59(73-62(66)53-50-47-44-41-38-35-33-30-27-25-23-20-17-14-11-8-5-2)57-71-74(67,68)70-56-58(54-63)72-61(65)52-49-46-43-40-36-21-18-15-12-9-6-3/h8,11,17,20,25,27,33,35,58-59,63H,4-7,9-10,12-16,18-19,21-24,26,28-32,34,36-57H2,1-3H3,(H,67,68)/b11-8-,20-17-,27-25-,35-33-. The smallest absolute Gasteiger partial charge is 0.462 e. The van der Waals surface area contributed by atoms with E-state index in [1.807, 2.05) is 0 Å². The molecule has 11 nitrogen and oxygen atoms in total. The lowest BCUT2D eigenvalue weighted by molar-refractivity contribution is -0.161. The summed E-state index contributed by atoms with van der Waals surface area (Å²) in [6.45, 7) is 4.54. The monoisotopic (exact) mass is 1060 g/mol. The van der Waals surface area contributed by atoms with Gasteiger partial charge < -0.3 is 24.2 Å². The molecule has 0 radical (unpaired) electrons. The third-order valence-corrected chi connectivity index (χ3v) is 14.2. The van der Waals surface area contributed by atoms with Crippen molar-refractivity contribution >= 4 is 25.7 Å². The van der Waals surface area contributed by atoms with Crippen molar-refractivity contribution in [3.05, 3.63) is 48.6 Å². The number of unbranched alkanes of at least 4 members (excludes halogenated alkanes) is 32. The maximum absolute atomic E-state index is 12.9. The average molecular weight is 1070 g/mol. The number of carbonyl (C=O) groups excluding carboxylic acids is 3. The number of hydrogen-bond donors (Lipinski definition) is 2. The van der Waals surface area contributed by atoms with Crippen molar-refractivity contribution < 1.29 is 52.2 Å². The summed E-state index contributed by atoms with van der Waals surface area (Å²) in [5, 5.41) is 9.80. The SMILES string of the molecule is CC/C=C\C/C=C\C/C=C\C/C=C\CCCCCCC(=O)OC(COC(=O)CCCCCCCCCCCCCCCCCCCCC)COP(=O)(O)OCC(CO)OC(=O)CCCCCCCCCCCCC. The van der Waals surface area contributed by atoms with E-state index >= 15 is 0 Å². The Morgan fingerprint density at radius 3 is 1.08 bits per heavy atom. The lowest BCUT2D eigenvalue weighted by atomic mass is 10.0. The number of carbonyl (C=O) groups is 3. The molecule has 74 heavy (non-hydrogen) atoms. The summed E-state index contributed by atoms with van der Waals surface area (Å²) < 4.78 is 39.6. The Bertz CT molecular complexity index is 1430. The molecule has 0 fully saturated rings. The van der Waals surface area contributed by atoms with Gasteiger partial charge in [-0.05, 0) is 57.8 Å². The molecule has 0 heterocycles. The van der Waals surface area contributed by atoms with Gasteiger partial charge in [0.1, 0.15) is 12.7 Å². The fourth-order valence-corrected chi connectivity index (χ4v) is 9.43. The second-order valence-electron chi connectivity index (χ2n) is 20.5. The van der Waals surface area contributed by atoms with E-state index in [-0.39, 0.29) is 25.9 Å². The van der Waals surface area contributed by atoms with Gasteiger partial charge in [0.2, 0.25) is 0 Å². The normalized spacial score (nSPS) is 13.6. The summed E-state index contributed by atoms with van der Waals surface area (Å²) in [5.41, 5.74) is 0. The van der Waals surface area contributed by atoms with Crippen LogP contribution in [0.3, 0.4) is 0 Å². The second-order valence-corrected chi connectivity index (χ2v) is 22.0. The number of allylic oxidation sites excluding steroid dienone is 8. The molecule has 0 aromatic heterocycles.